The summed E-state index contributed by atoms with van der Waals surface area (Å²) in [6.07, 6.45) is 1.62. The van der Waals surface area contributed by atoms with Gasteiger partial charge >= 0.3 is 6.18 Å². The average Bonchev–Trinajstić information content (AvgIpc) is 2.88. The van der Waals surface area contributed by atoms with Gasteiger partial charge in [-0.25, -0.2) is 8.42 Å². The number of sulfonamides is 1. The normalized spacial score (nSPS) is 31.6. The molecule has 0 saturated carbocycles. The smallest absolute Gasteiger partial charge is 0.390 e. The molecule has 2 N–H and O–H groups in total. The van der Waals surface area contributed by atoms with E-state index in [1.54, 1.807) is 18.2 Å². The molecule has 3 aliphatic heterocycles. The Morgan fingerprint density at radius 1 is 1.12 bits per heavy atom. The van der Waals surface area contributed by atoms with Gasteiger partial charge in [0, 0.05) is 55.2 Å². The number of aliphatic hydroxyl groups is 2. The first kappa shape index (κ1) is 30.6. The van der Waals surface area contributed by atoms with E-state index in [2.05, 4.69) is 4.90 Å². The van der Waals surface area contributed by atoms with Crippen LogP contribution < -0.4 is 4.90 Å². The Morgan fingerprint density at radius 3 is 2.34 bits per heavy atom. The molecule has 5 rings (SSSR count). The van der Waals surface area contributed by atoms with Crippen molar-refractivity contribution in [1.29, 1.82) is 0 Å². The number of thiocarbonyl (C=S) groups is 1. The molecule has 3 heterocycles. The zero-order valence-electron chi connectivity index (χ0n) is 23.0. The molecule has 1 aromatic carbocycles. The average molecular weight is 616 g/mol. The molecular weight excluding hydrogens is 579 g/mol. The second kappa shape index (κ2) is 11.0. The molecule has 8 nitrogen and oxygen atoms in total. The number of nitrogens with zero attached hydrogens (tertiary/aromatic N) is 3. The standard InChI is InChI=1S/C28H36F3N3O5S2/c1-26(35)13-21-17-39-18-22(14-26)34(21)16-23-15-32(41(37,38)25-6-4-3-5-24(25)40)11-12-33(23)20-9-7-19(8-10-20)27(2,36)28(29,30)31/h3-4,6-10,21-23,35-36H,5,11-18H2,1-2H3/t21-,22+,23-,26?,27?/m1/s1. The highest BCUT2D eigenvalue weighted by Gasteiger charge is 2.51. The van der Waals surface area contributed by atoms with Crippen LogP contribution in [0.5, 0.6) is 0 Å². The minimum absolute atomic E-state index is 0.0469. The molecule has 0 amide bonds. The Balaban J connectivity index is 1.44. The summed E-state index contributed by atoms with van der Waals surface area (Å²) in [4.78, 5) is 4.80. The first-order chi connectivity index (χ1) is 19.1. The number of halogens is 3. The van der Waals surface area contributed by atoms with E-state index in [0.29, 0.717) is 56.1 Å². The number of morpholine rings is 1. The molecule has 226 valence electrons. The number of benzene rings is 1. The molecule has 0 aromatic heterocycles. The zero-order chi connectivity index (χ0) is 29.8. The van der Waals surface area contributed by atoms with Gasteiger partial charge in [0.25, 0.3) is 0 Å². The van der Waals surface area contributed by atoms with Crippen molar-refractivity contribution < 1.29 is 36.5 Å². The number of anilines is 1. The number of allylic oxidation sites excluding steroid dienone is 4. The van der Waals surface area contributed by atoms with Crippen LogP contribution in [0.3, 0.4) is 0 Å². The molecule has 3 fully saturated rings. The molecule has 3 saturated heterocycles. The van der Waals surface area contributed by atoms with Crippen LogP contribution in [0.4, 0.5) is 18.9 Å². The fourth-order valence-corrected chi connectivity index (χ4v) is 8.47. The summed E-state index contributed by atoms with van der Waals surface area (Å²) in [5.41, 5.74) is -3.46. The Hall–Kier alpha value is -1.87. The first-order valence-corrected chi connectivity index (χ1v) is 15.6. The maximum absolute atomic E-state index is 13.7. The molecule has 13 heteroatoms. The molecule has 2 unspecified atom stereocenters. The van der Waals surface area contributed by atoms with Gasteiger partial charge in [0.05, 0.1) is 29.8 Å². The molecule has 2 bridgehead atoms. The number of piperazine rings is 1. The van der Waals surface area contributed by atoms with Crippen molar-refractivity contribution in [3.63, 3.8) is 0 Å². The summed E-state index contributed by atoms with van der Waals surface area (Å²) in [6, 6.07) is 5.18. The molecular formula is C28H36F3N3O5S2. The van der Waals surface area contributed by atoms with E-state index in [9.17, 15) is 31.8 Å². The van der Waals surface area contributed by atoms with Gasteiger partial charge in [-0.1, -0.05) is 36.5 Å². The Morgan fingerprint density at radius 2 is 1.76 bits per heavy atom. The number of rotatable bonds is 6. The number of piperidine rings is 1. The maximum atomic E-state index is 13.7. The SMILES string of the molecule is CC1(O)C[C@H]2COC[C@@H](C1)N2C[C@H]1CN(S(=O)(=O)C2=CC=CCC2=S)CCN1c1ccc(C(C)(O)C(F)(F)F)cc1. The van der Waals surface area contributed by atoms with Crippen molar-refractivity contribution in [2.45, 2.75) is 68.6 Å². The van der Waals surface area contributed by atoms with Crippen molar-refractivity contribution in [3.8, 4) is 0 Å². The van der Waals surface area contributed by atoms with Gasteiger partial charge < -0.3 is 19.8 Å². The Labute approximate surface area is 244 Å². The molecule has 0 spiro atoms. The summed E-state index contributed by atoms with van der Waals surface area (Å²) in [5, 5.41) is 20.9. The van der Waals surface area contributed by atoms with E-state index < -0.39 is 27.4 Å². The molecule has 41 heavy (non-hydrogen) atoms. The Kier molecular flexibility index (Phi) is 8.21. The monoisotopic (exact) mass is 615 g/mol. The van der Waals surface area contributed by atoms with Crippen molar-refractivity contribution in [2.75, 3.05) is 44.3 Å². The maximum Gasteiger partial charge on any atom is 0.421 e. The third-order valence-electron chi connectivity index (χ3n) is 8.67. The largest absolute Gasteiger partial charge is 0.421 e. The van der Waals surface area contributed by atoms with Gasteiger partial charge in [-0.15, -0.1) is 0 Å². The summed E-state index contributed by atoms with van der Waals surface area (Å²) in [5.74, 6) is 0. The molecule has 1 aliphatic carbocycles. The summed E-state index contributed by atoms with van der Waals surface area (Å²) in [6.45, 7) is 4.57. The highest BCUT2D eigenvalue weighted by molar-refractivity contribution is 7.96. The number of ether oxygens (including phenoxy) is 1. The number of hydrogen-bond acceptors (Lipinski definition) is 8. The van der Waals surface area contributed by atoms with Crippen LogP contribution in [0, 0.1) is 0 Å². The fraction of sp³-hybridized carbons (Fsp3) is 0.607. The van der Waals surface area contributed by atoms with Gasteiger partial charge in [0.1, 0.15) is 0 Å². The van der Waals surface area contributed by atoms with E-state index in [-0.39, 0.29) is 41.7 Å². The third-order valence-corrected chi connectivity index (χ3v) is 11.1. The summed E-state index contributed by atoms with van der Waals surface area (Å²) >= 11 is 5.37. The van der Waals surface area contributed by atoms with E-state index in [1.165, 1.54) is 22.5 Å². The minimum atomic E-state index is -4.84. The van der Waals surface area contributed by atoms with Crippen LogP contribution >= 0.6 is 12.2 Å². The lowest BCUT2D eigenvalue weighted by molar-refractivity contribution is -0.258. The predicted molar refractivity (Wildman–Crippen MR) is 153 cm³/mol. The van der Waals surface area contributed by atoms with E-state index in [4.69, 9.17) is 17.0 Å². The quantitative estimate of drug-likeness (QED) is 0.472. The second-order valence-corrected chi connectivity index (χ2v) is 14.3. The molecule has 0 radical (unpaired) electrons. The highest BCUT2D eigenvalue weighted by Crippen LogP contribution is 2.40. The second-order valence-electron chi connectivity index (χ2n) is 11.9. The lowest BCUT2D eigenvalue weighted by Crippen LogP contribution is -2.66. The van der Waals surface area contributed by atoms with Crippen LogP contribution in [0.1, 0.15) is 38.7 Å². The molecule has 4 aliphatic rings. The van der Waals surface area contributed by atoms with Crippen molar-refractivity contribution in [1.82, 2.24) is 9.21 Å². The van der Waals surface area contributed by atoms with Crippen LogP contribution in [-0.2, 0) is 20.4 Å². The lowest BCUT2D eigenvalue weighted by atomic mass is 9.82. The van der Waals surface area contributed by atoms with Crippen molar-refractivity contribution in [2.24, 2.45) is 0 Å². The van der Waals surface area contributed by atoms with Crippen LogP contribution in [0.15, 0.2) is 47.4 Å². The zero-order valence-corrected chi connectivity index (χ0v) is 24.7. The van der Waals surface area contributed by atoms with Gasteiger partial charge in [0.2, 0.25) is 10.0 Å². The van der Waals surface area contributed by atoms with Gasteiger partial charge in [-0.05, 0) is 50.5 Å². The summed E-state index contributed by atoms with van der Waals surface area (Å²) < 4.78 is 74.9. The van der Waals surface area contributed by atoms with E-state index in [1.807, 2.05) is 17.9 Å². The fourth-order valence-electron chi connectivity index (χ4n) is 6.40. The molecule has 1 aromatic rings. The van der Waals surface area contributed by atoms with Crippen molar-refractivity contribution >= 4 is 32.8 Å². The van der Waals surface area contributed by atoms with Crippen molar-refractivity contribution in [3.05, 3.63) is 53.0 Å². The third kappa shape index (κ3) is 5.99. The highest BCUT2D eigenvalue weighted by atomic mass is 32.2. The lowest BCUT2D eigenvalue weighted by Gasteiger charge is -2.53. The minimum Gasteiger partial charge on any atom is -0.390 e. The topological polar surface area (TPSA) is 93.6 Å². The van der Waals surface area contributed by atoms with Gasteiger partial charge in [0.15, 0.2) is 5.60 Å². The van der Waals surface area contributed by atoms with Gasteiger partial charge in [-0.2, -0.15) is 17.5 Å². The van der Waals surface area contributed by atoms with E-state index in [0.717, 1.165) is 6.92 Å². The van der Waals surface area contributed by atoms with Crippen LogP contribution in [-0.4, -0.2) is 102 Å². The Bertz CT molecular complexity index is 1310. The van der Waals surface area contributed by atoms with Crippen LogP contribution in [0.2, 0.25) is 0 Å². The predicted octanol–water partition coefficient (Wildman–Crippen LogP) is 3.10. The first-order valence-electron chi connectivity index (χ1n) is 13.7. The van der Waals surface area contributed by atoms with Crippen LogP contribution in [0.25, 0.3) is 0 Å². The number of fused-ring (bicyclic) bond motifs is 2. The van der Waals surface area contributed by atoms with E-state index >= 15 is 0 Å². The summed E-state index contributed by atoms with van der Waals surface area (Å²) in [7, 11) is -3.86. The number of hydrogen-bond donors (Lipinski definition) is 2. The molecule has 5 atom stereocenters. The van der Waals surface area contributed by atoms with Gasteiger partial charge in [-0.3, -0.25) is 4.90 Å². The number of alkyl halides is 3.